The molecule has 0 radical (unpaired) electrons. The first-order chi connectivity index (χ1) is 4.84. The Morgan fingerprint density at radius 1 is 1.80 bits per heavy atom. The number of aliphatic hydroxyl groups excluding tert-OH is 1. The second kappa shape index (κ2) is 3.15. The molecule has 0 saturated carbocycles. The highest BCUT2D eigenvalue weighted by Gasteiger charge is 2.06. The fraction of sp³-hybridized carbons (Fsp3) is 0.444. The Hall–Kier alpha value is -1.12. The van der Waals surface area contributed by atoms with Gasteiger partial charge in [-0.05, 0) is 31.4 Å². The molecule has 1 atom stereocenters. The van der Waals surface area contributed by atoms with Crippen LogP contribution in [0.15, 0.2) is 17.4 Å². The van der Waals surface area contributed by atoms with Gasteiger partial charge in [-0.2, -0.15) is 0 Å². The maximum Gasteiger partial charge on any atom is 0.108 e. The van der Waals surface area contributed by atoms with Crippen LogP contribution in [0.2, 0.25) is 0 Å². The topological polar surface area (TPSA) is 20.2 Å². The van der Waals surface area contributed by atoms with E-state index in [1.165, 1.54) is 5.57 Å². The third-order valence-electron chi connectivity index (χ3n) is 1.65. The number of hydrogen-bond donors (Lipinski definition) is 1. The third kappa shape index (κ3) is 1.43. The van der Waals surface area contributed by atoms with Crippen LogP contribution in [0.5, 0.6) is 0 Å². The minimum atomic E-state index is 0.170. The van der Waals surface area contributed by atoms with Crippen molar-refractivity contribution in [2.75, 3.05) is 0 Å². The van der Waals surface area contributed by atoms with Crippen molar-refractivity contribution < 1.29 is 5.11 Å². The van der Waals surface area contributed by atoms with E-state index in [9.17, 15) is 0 Å². The Morgan fingerprint density at radius 3 is 3.10 bits per heavy atom. The molecule has 1 aliphatic carbocycles. The largest absolute Gasteiger partial charge is 0.462 e. The molecule has 0 aromatic rings. The normalized spacial score (nSPS) is 17.5. The van der Waals surface area contributed by atoms with Crippen molar-refractivity contribution >= 4 is 0 Å². The average molecular weight is 134 g/mol. The standard InChI is InChI=1S/C9H10O/c1-8(6-7-10)9-4-2-3-5-9/h2,8,10H,3,5H2,1H3. The van der Waals surface area contributed by atoms with Gasteiger partial charge in [0.1, 0.15) is 6.11 Å². The number of hydrogen-bond acceptors (Lipinski definition) is 1. The molecule has 0 aliphatic heterocycles. The lowest BCUT2D eigenvalue weighted by Crippen LogP contribution is -1.92. The van der Waals surface area contributed by atoms with E-state index in [1.807, 2.05) is 19.1 Å². The van der Waals surface area contributed by atoms with Crippen molar-refractivity contribution in [2.24, 2.45) is 5.92 Å². The second-order valence-corrected chi connectivity index (χ2v) is 2.39. The number of rotatable bonds is 1. The Balaban J connectivity index is 2.63. The van der Waals surface area contributed by atoms with Gasteiger partial charge in [0, 0.05) is 5.92 Å². The highest BCUT2D eigenvalue weighted by molar-refractivity contribution is 5.20. The van der Waals surface area contributed by atoms with E-state index in [1.54, 1.807) is 0 Å². The van der Waals surface area contributed by atoms with Crippen molar-refractivity contribution in [2.45, 2.75) is 19.8 Å². The summed E-state index contributed by atoms with van der Waals surface area (Å²) in [5.41, 5.74) is 4.33. The predicted molar refractivity (Wildman–Crippen MR) is 39.7 cm³/mol. The van der Waals surface area contributed by atoms with Crippen LogP contribution in [0.25, 0.3) is 0 Å². The summed E-state index contributed by atoms with van der Waals surface area (Å²) in [5, 5.41) is 8.28. The fourth-order valence-corrected chi connectivity index (χ4v) is 1.03. The molecule has 0 saturated heterocycles. The van der Waals surface area contributed by atoms with Gasteiger partial charge in [-0.25, -0.2) is 0 Å². The second-order valence-electron chi connectivity index (χ2n) is 2.39. The number of allylic oxidation sites excluding steroid dienone is 1. The molecule has 0 spiro atoms. The molecule has 1 unspecified atom stereocenters. The molecule has 0 bridgehead atoms. The minimum Gasteiger partial charge on any atom is -0.462 e. The van der Waals surface area contributed by atoms with Gasteiger partial charge < -0.3 is 5.11 Å². The zero-order chi connectivity index (χ0) is 7.40. The van der Waals surface area contributed by atoms with Gasteiger partial charge in [-0.1, -0.05) is 5.92 Å². The molecule has 0 aromatic carbocycles. The van der Waals surface area contributed by atoms with Crippen LogP contribution in [0, 0.1) is 17.9 Å². The summed E-state index contributed by atoms with van der Waals surface area (Å²) in [4.78, 5) is 0. The molecule has 0 aromatic heterocycles. The first-order valence-corrected chi connectivity index (χ1v) is 3.43. The highest BCUT2D eigenvalue weighted by Crippen LogP contribution is 2.18. The smallest absolute Gasteiger partial charge is 0.108 e. The van der Waals surface area contributed by atoms with E-state index >= 15 is 0 Å². The van der Waals surface area contributed by atoms with E-state index in [0.717, 1.165) is 12.8 Å². The zero-order valence-corrected chi connectivity index (χ0v) is 6.02. The summed E-state index contributed by atoms with van der Waals surface area (Å²) in [7, 11) is 0. The van der Waals surface area contributed by atoms with Crippen molar-refractivity contribution in [3.05, 3.63) is 17.4 Å². The maximum atomic E-state index is 8.28. The molecule has 0 fully saturated rings. The molecule has 1 aliphatic rings. The van der Waals surface area contributed by atoms with Crippen molar-refractivity contribution in [3.63, 3.8) is 0 Å². The molecule has 0 heterocycles. The van der Waals surface area contributed by atoms with Gasteiger partial charge in [-0.15, -0.1) is 5.73 Å². The van der Waals surface area contributed by atoms with E-state index in [4.69, 9.17) is 5.11 Å². The third-order valence-corrected chi connectivity index (χ3v) is 1.65. The molecule has 1 rings (SSSR count). The van der Waals surface area contributed by atoms with Crippen LogP contribution < -0.4 is 0 Å². The molecule has 1 N–H and O–H groups in total. The van der Waals surface area contributed by atoms with E-state index < -0.39 is 0 Å². The first-order valence-electron chi connectivity index (χ1n) is 3.43. The van der Waals surface area contributed by atoms with Gasteiger partial charge in [0.05, 0.1) is 0 Å². The van der Waals surface area contributed by atoms with Crippen LogP contribution in [-0.2, 0) is 0 Å². The van der Waals surface area contributed by atoms with Crippen LogP contribution >= 0.6 is 0 Å². The summed E-state index contributed by atoms with van der Waals surface area (Å²) in [6.45, 7) is 1.98. The quantitative estimate of drug-likeness (QED) is 0.428. The molecule has 10 heavy (non-hydrogen) atoms. The maximum absolute atomic E-state index is 8.28. The number of aliphatic hydroxyl groups is 1. The lowest BCUT2D eigenvalue weighted by atomic mass is 10.0. The zero-order valence-electron chi connectivity index (χ0n) is 6.02. The molecule has 1 heteroatoms. The molecule has 0 amide bonds. The Bertz CT molecular complexity index is 233. The van der Waals surface area contributed by atoms with Gasteiger partial charge in [0.2, 0.25) is 0 Å². The predicted octanol–water partition coefficient (Wildman–Crippen LogP) is 1.83. The van der Waals surface area contributed by atoms with Gasteiger partial charge in [0.15, 0.2) is 0 Å². The van der Waals surface area contributed by atoms with E-state index in [-0.39, 0.29) is 5.92 Å². The van der Waals surface area contributed by atoms with Crippen molar-refractivity contribution in [1.29, 1.82) is 0 Å². The first kappa shape index (κ1) is 6.99. The fourth-order valence-electron chi connectivity index (χ4n) is 1.03. The van der Waals surface area contributed by atoms with Crippen molar-refractivity contribution in [3.8, 4) is 12.0 Å². The van der Waals surface area contributed by atoms with Crippen LogP contribution in [0.3, 0.4) is 0 Å². The summed E-state index contributed by atoms with van der Waals surface area (Å²) in [6.07, 6.45) is 6.07. The minimum absolute atomic E-state index is 0.170. The Labute approximate surface area is 61.1 Å². The lowest BCUT2D eigenvalue weighted by molar-refractivity contribution is 0.514. The average Bonchev–Trinajstić information content (AvgIpc) is 2.38. The van der Waals surface area contributed by atoms with Gasteiger partial charge >= 0.3 is 0 Å². The summed E-state index contributed by atoms with van der Waals surface area (Å²) in [5.74, 6) is 2.84. The summed E-state index contributed by atoms with van der Waals surface area (Å²) < 4.78 is 0. The molecular formula is C9H10O. The van der Waals surface area contributed by atoms with Gasteiger partial charge in [-0.3, -0.25) is 0 Å². The van der Waals surface area contributed by atoms with E-state index in [0.29, 0.717) is 0 Å². The lowest BCUT2D eigenvalue weighted by Gasteiger charge is -2.00. The van der Waals surface area contributed by atoms with E-state index in [2.05, 4.69) is 11.7 Å². The molecule has 1 nitrogen and oxygen atoms in total. The summed E-state index contributed by atoms with van der Waals surface area (Å²) in [6, 6.07) is 0. The SMILES string of the molecule is CC(C#CO)C1=C=CCC1. The molecular weight excluding hydrogens is 124 g/mol. The monoisotopic (exact) mass is 134 g/mol. The van der Waals surface area contributed by atoms with Crippen LogP contribution in [0.1, 0.15) is 19.8 Å². The summed E-state index contributed by atoms with van der Waals surface area (Å²) >= 11 is 0. The molecule has 52 valence electrons. The van der Waals surface area contributed by atoms with Gasteiger partial charge in [0.25, 0.3) is 0 Å². The highest BCUT2D eigenvalue weighted by atomic mass is 16.2. The van der Waals surface area contributed by atoms with Crippen molar-refractivity contribution in [1.82, 2.24) is 0 Å². The van der Waals surface area contributed by atoms with Crippen LogP contribution in [0.4, 0.5) is 0 Å². The Kier molecular flexibility index (Phi) is 2.20. The Morgan fingerprint density at radius 2 is 2.60 bits per heavy atom. The van der Waals surface area contributed by atoms with Crippen LogP contribution in [-0.4, -0.2) is 5.11 Å².